The first-order valence-electron chi connectivity index (χ1n) is 5.85. The second kappa shape index (κ2) is 6.25. The number of aryl methyl sites for hydroxylation is 1. The summed E-state index contributed by atoms with van der Waals surface area (Å²) < 4.78 is 1.40. The van der Waals surface area contributed by atoms with Gasteiger partial charge in [-0.15, -0.1) is 0 Å². The molecule has 106 valence electrons. The van der Waals surface area contributed by atoms with Gasteiger partial charge in [0, 0.05) is 17.0 Å². The minimum atomic E-state index is -0.812. The summed E-state index contributed by atoms with van der Waals surface area (Å²) in [6.45, 7) is 0.507. The summed E-state index contributed by atoms with van der Waals surface area (Å²) in [5.74, 6) is 0. The molecule has 0 saturated heterocycles. The van der Waals surface area contributed by atoms with Crippen LogP contribution in [0.25, 0.3) is 0 Å². The SMILES string of the molecule is Cn1[nH]c(=O)c(=O)nc1Sc1cc(Cl)ccc1CCN. The van der Waals surface area contributed by atoms with Crippen LogP contribution in [0.3, 0.4) is 0 Å². The number of hydrogen-bond donors (Lipinski definition) is 2. The normalized spacial score (nSPS) is 10.8. The van der Waals surface area contributed by atoms with Crippen LogP contribution in [0.15, 0.2) is 37.8 Å². The van der Waals surface area contributed by atoms with Gasteiger partial charge in [-0.25, -0.2) is 0 Å². The Hall–Kier alpha value is -1.57. The van der Waals surface area contributed by atoms with Crippen molar-refractivity contribution in [2.45, 2.75) is 16.5 Å². The first-order valence-corrected chi connectivity index (χ1v) is 7.04. The van der Waals surface area contributed by atoms with Gasteiger partial charge in [0.25, 0.3) is 0 Å². The van der Waals surface area contributed by atoms with E-state index in [0.29, 0.717) is 23.1 Å². The van der Waals surface area contributed by atoms with Crippen LogP contribution >= 0.6 is 23.4 Å². The Morgan fingerprint density at radius 1 is 1.45 bits per heavy atom. The van der Waals surface area contributed by atoms with Crippen molar-refractivity contribution in [3.8, 4) is 0 Å². The molecule has 0 aliphatic rings. The monoisotopic (exact) mass is 312 g/mol. The highest BCUT2D eigenvalue weighted by Crippen LogP contribution is 2.30. The largest absolute Gasteiger partial charge is 0.339 e. The van der Waals surface area contributed by atoms with Gasteiger partial charge in [0.05, 0.1) is 0 Å². The number of nitrogens with two attached hydrogens (primary N) is 1. The number of halogens is 1. The number of H-pyrrole nitrogens is 1. The molecule has 0 unspecified atom stereocenters. The molecule has 1 aromatic heterocycles. The van der Waals surface area contributed by atoms with Crippen molar-refractivity contribution >= 4 is 23.4 Å². The zero-order chi connectivity index (χ0) is 14.7. The predicted molar refractivity (Wildman–Crippen MR) is 78.4 cm³/mol. The third kappa shape index (κ3) is 3.30. The fraction of sp³-hybridized carbons (Fsp3) is 0.250. The summed E-state index contributed by atoms with van der Waals surface area (Å²) in [4.78, 5) is 27.1. The fourth-order valence-electron chi connectivity index (χ4n) is 1.64. The van der Waals surface area contributed by atoms with Gasteiger partial charge in [0.15, 0.2) is 5.16 Å². The van der Waals surface area contributed by atoms with E-state index in [0.717, 1.165) is 10.5 Å². The molecule has 0 saturated carbocycles. The summed E-state index contributed by atoms with van der Waals surface area (Å²) >= 11 is 7.25. The van der Waals surface area contributed by atoms with Crippen molar-refractivity contribution in [1.82, 2.24) is 14.8 Å². The molecular formula is C12H13ClN4O2S. The van der Waals surface area contributed by atoms with Crippen LogP contribution in [-0.4, -0.2) is 21.3 Å². The number of rotatable bonds is 4. The van der Waals surface area contributed by atoms with Crippen LogP contribution in [-0.2, 0) is 13.5 Å². The molecule has 2 aromatic rings. The van der Waals surface area contributed by atoms with E-state index < -0.39 is 11.1 Å². The number of benzene rings is 1. The van der Waals surface area contributed by atoms with Gasteiger partial charge in [0.1, 0.15) is 0 Å². The molecular weight excluding hydrogens is 300 g/mol. The van der Waals surface area contributed by atoms with E-state index in [1.807, 2.05) is 6.07 Å². The summed E-state index contributed by atoms with van der Waals surface area (Å²) in [5, 5.41) is 3.37. The molecule has 0 bridgehead atoms. The second-order valence-corrected chi connectivity index (χ2v) is 5.54. The molecule has 20 heavy (non-hydrogen) atoms. The van der Waals surface area contributed by atoms with Gasteiger partial charge in [-0.3, -0.25) is 19.4 Å². The molecule has 6 nitrogen and oxygen atoms in total. The van der Waals surface area contributed by atoms with Gasteiger partial charge >= 0.3 is 11.1 Å². The van der Waals surface area contributed by atoms with Crippen LogP contribution in [0.1, 0.15) is 5.56 Å². The minimum Gasteiger partial charge on any atom is -0.330 e. The topological polar surface area (TPSA) is 93.8 Å². The Balaban J connectivity index is 2.44. The van der Waals surface area contributed by atoms with Crippen molar-refractivity contribution < 1.29 is 0 Å². The third-order valence-corrected chi connectivity index (χ3v) is 3.97. The Morgan fingerprint density at radius 2 is 2.20 bits per heavy atom. The number of aromatic amines is 1. The van der Waals surface area contributed by atoms with E-state index in [-0.39, 0.29) is 0 Å². The Morgan fingerprint density at radius 3 is 2.90 bits per heavy atom. The zero-order valence-corrected chi connectivity index (χ0v) is 12.3. The highest BCUT2D eigenvalue weighted by atomic mass is 35.5. The van der Waals surface area contributed by atoms with Crippen LogP contribution in [0.2, 0.25) is 5.02 Å². The number of nitrogens with one attached hydrogen (secondary N) is 1. The summed E-state index contributed by atoms with van der Waals surface area (Å²) in [7, 11) is 1.61. The maximum atomic E-state index is 11.3. The minimum absolute atomic E-state index is 0.384. The highest BCUT2D eigenvalue weighted by Gasteiger charge is 2.10. The summed E-state index contributed by atoms with van der Waals surface area (Å²) in [6, 6.07) is 5.46. The van der Waals surface area contributed by atoms with Crippen molar-refractivity contribution in [2.75, 3.05) is 6.54 Å². The molecule has 0 atom stereocenters. The standard InChI is InChI=1S/C12H13ClN4O2S/c1-17-12(15-10(18)11(19)16-17)20-9-6-8(13)3-2-7(9)4-5-14/h2-3,6H,4-5,14H2,1H3,(H,16,19). The molecule has 0 aliphatic heterocycles. The van der Waals surface area contributed by atoms with Gasteiger partial charge < -0.3 is 5.73 Å². The molecule has 0 fully saturated rings. The molecule has 1 aromatic carbocycles. The number of hydrogen-bond acceptors (Lipinski definition) is 5. The first kappa shape index (κ1) is 14.8. The van der Waals surface area contributed by atoms with E-state index in [4.69, 9.17) is 17.3 Å². The van der Waals surface area contributed by atoms with Gasteiger partial charge in [0.2, 0.25) is 0 Å². The quantitative estimate of drug-likeness (QED) is 0.814. The van der Waals surface area contributed by atoms with Gasteiger partial charge in [-0.2, -0.15) is 4.98 Å². The van der Waals surface area contributed by atoms with Crippen LogP contribution in [0, 0.1) is 0 Å². The lowest BCUT2D eigenvalue weighted by molar-refractivity contribution is 0.596. The average molecular weight is 313 g/mol. The van der Waals surface area contributed by atoms with E-state index in [2.05, 4.69) is 10.1 Å². The third-order valence-electron chi connectivity index (χ3n) is 2.59. The van der Waals surface area contributed by atoms with E-state index in [1.165, 1.54) is 16.4 Å². The van der Waals surface area contributed by atoms with E-state index in [9.17, 15) is 9.59 Å². The summed E-state index contributed by atoms with van der Waals surface area (Å²) in [5.41, 5.74) is 5.03. The Bertz CT molecular complexity index is 741. The van der Waals surface area contributed by atoms with Crippen molar-refractivity contribution in [3.05, 3.63) is 49.5 Å². The smallest absolute Gasteiger partial charge is 0.330 e. The van der Waals surface area contributed by atoms with E-state index >= 15 is 0 Å². The van der Waals surface area contributed by atoms with E-state index in [1.54, 1.807) is 19.2 Å². The Labute approximate surface area is 124 Å². The van der Waals surface area contributed by atoms with Crippen molar-refractivity contribution in [2.24, 2.45) is 12.8 Å². The van der Waals surface area contributed by atoms with Crippen LogP contribution in [0.5, 0.6) is 0 Å². The lowest BCUT2D eigenvalue weighted by Crippen LogP contribution is -2.33. The molecule has 0 aliphatic carbocycles. The first-order chi connectivity index (χ1) is 9.51. The van der Waals surface area contributed by atoms with Crippen molar-refractivity contribution in [1.29, 1.82) is 0 Å². The van der Waals surface area contributed by atoms with Crippen molar-refractivity contribution in [3.63, 3.8) is 0 Å². The lowest BCUT2D eigenvalue weighted by atomic mass is 10.1. The summed E-state index contributed by atoms with van der Waals surface area (Å²) in [6.07, 6.45) is 0.691. The van der Waals surface area contributed by atoms with Crippen LogP contribution < -0.4 is 16.9 Å². The van der Waals surface area contributed by atoms with Gasteiger partial charge in [-0.1, -0.05) is 17.7 Å². The molecule has 3 N–H and O–H groups in total. The predicted octanol–water partition coefficient (Wildman–Crippen LogP) is 0.774. The molecule has 8 heteroatoms. The van der Waals surface area contributed by atoms with Crippen LogP contribution in [0.4, 0.5) is 0 Å². The maximum Gasteiger partial charge on any atom is 0.339 e. The second-order valence-electron chi connectivity index (χ2n) is 4.09. The fourth-order valence-corrected chi connectivity index (χ4v) is 2.87. The number of nitrogens with zero attached hydrogens (tertiary/aromatic N) is 2. The number of aromatic nitrogens is 3. The van der Waals surface area contributed by atoms with Gasteiger partial charge in [-0.05, 0) is 42.4 Å². The highest BCUT2D eigenvalue weighted by molar-refractivity contribution is 7.99. The maximum absolute atomic E-state index is 11.3. The molecule has 1 heterocycles. The lowest BCUT2D eigenvalue weighted by Gasteiger charge is -2.10. The molecule has 0 amide bonds. The molecule has 0 spiro atoms. The Kier molecular flexibility index (Phi) is 4.64. The molecule has 0 radical (unpaired) electrons. The molecule has 2 rings (SSSR count). The average Bonchev–Trinajstić information content (AvgIpc) is 2.39. The zero-order valence-electron chi connectivity index (χ0n) is 10.7.